The van der Waals surface area contributed by atoms with Gasteiger partial charge in [-0.2, -0.15) is 0 Å². The van der Waals surface area contributed by atoms with E-state index in [0.29, 0.717) is 18.5 Å². The minimum atomic E-state index is -0.609. The molecule has 2 amide bonds. The summed E-state index contributed by atoms with van der Waals surface area (Å²) < 4.78 is 0. The fourth-order valence-corrected chi connectivity index (χ4v) is 6.67. The van der Waals surface area contributed by atoms with E-state index in [1.165, 1.54) is 96.7 Å². The number of rotatable bonds is 18. The van der Waals surface area contributed by atoms with Gasteiger partial charge in [-0.15, -0.1) is 11.8 Å². The van der Waals surface area contributed by atoms with Gasteiger partial charge in [0.15, 0.2) is 0 Å². The van der Waals surface area contributed by atoms with Crippen molar-refractivity contribution in [2.45, 2.75) is 107 Å². The lowest BCUT2D eigenvalue weighted by atomic mass is 10.1. The Balaban J connectivity index is 1.29. The summed E-state index contributed by atoms with van der Waals surface area (Å²) in [7, 11) is 1.57. The van der Waals surface area contributed by atoms with Crippen LogP contribution in [0.4, 0.5) is 0 Å². The molecule has 206 valence electrons. The third kappa shape index (κ3) is 9.43. The number of likely N-dealkylation sites (tertiary alicyclic amines) is 1. The van der Waals surface area contributed by atoms with Crippen LogP contribution in [0.15, 0.2) is 23.1 Å². The van der Waals surface area contributed by atoms with E-state index in [1.807, 2.05) is 23.9 Å². The molecule has 7 heteroatoms. The highest BCUT2D eigenvalue weighted by atomic mass is 32.2. The van der Waals surface area contributed by atoms with E-state index in [2.05, 4.69) is 16.3 Å². The van der Waals surface area contributed by atoms with Crippen LogP contribution in [0.3, 0.4) is 0 Å². The molecule has 1 unspecified atom stereocenters. The number of hydrogen-bond acceptors (Lipinski definition) is 5. The highest BCUT2D eigenvalue weighted by Gasteiger charge is 2.36. The number of benzene rings is 1. The molecule has 2 aliphatic rings. The van der Waals surface area contributed by atoms with E-state index in [9.17, 15) is 14.4 Å². The maximum atomic E-state index is 13.1. The van der Waals surface area contributed by atoms with Gasteiger partial charge in [0.05, 0.1) is 0 Å². The van der Waals surface area contributed by atoms with Gasteiger partial charge in [0.2, 0.25) is 5.91 Å². The molecule has 1 aromatic rings. The van der Waals surface area contributed by atoms with Crippen LogP contribution in [-0.2, 0) is 16.1 Å². The summed E-state index contributed by atoms with van der Waals surface area (Å²) in [6.45, 7) is 4.39. The van der Waals surface area contributed by atoms with E-state index in [-0.39, 0.29) is 18.2 Å². The molecule has 37 heavy (non-hydrogen) atoms. The quantitative estimate of drug-likeness (QED) is 0.147. The molecule has 0 aromatic heterocycles. The highest BCUT2D eigenvalue weighted by molar-refractivity contribution is 7.99. The first-order valence-corrected chi connectivity index (χ1v) is 15.6. The zero-order valence-corrected chi connectivity index (χ0v) is 23.7. The summed E-state index contributed by atoms with van der Waals surface area (Å²) in [5.41, 5.74) is 1.72. The number of likely N-dealkylation sites (N-methyl/N-ethyl adjacent to an activating group) is 1. The lowest BCUT2D eigenvalue weighted by Crippen LogP contribution is -2.46. The van der Waals surface area contributed by atoms with Crippen LogP contribution >= 0.6 is 11.8 Å². The molecule has 1 aromatic carbocycles. The number of piperidine rings is 1. The van der Waals surface area contributed by atoms with E-state index in [4.69, 9.17) is 0 Å². The Kier molecular flexibility index (Phi) is 13.5. The number of carbonyl (C=O) groups is 3. The first kappa shape index (κ1) is 29.7. The standard InChI is InChI=1S/C30H47N3O3S/c1-31-29(35)27(17-15-22-34)33-24-26-25(30(33)36)16-14-18-28(26)37-23-13-8-6-4-2-3-5-7-10-19-32-20-11-9-12-21-32/h14,16,18,22,27H,2-13,15,17,19-21,23-24H2,1H3,(H,31,35). The van der Waals surface area contributed by atoms with Crippen LogP contribution in [-0.4, -0.2) is 66.4 Å². The molecule has 1 atom stereocenters. The number of nitrogens with one attached hydrogen (secondary N) is 1. The number of fused-ring (bicyclic) bond motifs is 1. The Morgan fingerprint density at radius 1 is 1.00 bits per heavy atom. The second kappa shape index (κ2) is 16.9. The van der Waals surface area contributed by atoms with Gasteiger partial charge in [-0.3, -0.25) is 9.59 Å². The molecule has 6 nitrogen and oxygen atoms in total. The maximum Gasteiger partial charge on any atom is 0.255 e. The summed E-state index contributed by atoms with van der Waals surface area (Å²) in [6, 6.07) is 5.28. The number of aldehydes is 1. The molecule has 2 aliphatic heterocycles. The first-order valence-electron chi connectivity index (χ1n) is 14.6. The molecular formula is C30H47N3O3S. The fraction of sp³-hybridized carbons (Fsp3) is 0.700. The Bertz CT molecular complexity index is 856. The van der Waals surface area contributed by atoms with Crippen LogP contribution in [0.5, 0.6) is 0 Å². The Morgan fingerprint density at radius 2 is 1.68 bits per heavy atom. The number of amides is 2. The Hall–Kier alpha value is -1.86. The average molecular weight is 530 g/mol. The third-order valence-electron chi connectivity index (χ3n) is 7.76. The number of thioether (sulfide) groups is 1. The molecule has 0 radical (unpaired) electrons. The largest absolute Gasteiger partial charge is 0.357 e. The molecule has 2 heterocycles. The van der Waals surface area contributed by atoms with Crippen molar-refractivity contribution in [3.63, 3.8) is 0 Å². The minimum Gasteiger partial charge on any atom is -0.357 e. The van der Waals surface area contributed by atoms with Gasteiger partial charge >= 0.3 is 0 Å². The van der Waals surface area contributed by atoms with Gasteiger partial charge in [-0.05, 0) is 75.2 Å². The predicted molar refractivity (Wildman–Crippen MR) is 152 cm³/mol. The van der Waals surface area contributed by atoms with Crippen molar-refractivity contribution >= 4 is 29.9 Å². The number of nitrogens with zero attached hydrogens (tertiary/aromatic N) is 2. The van der Waals surface area contributed by atoms with Gasteiger partial charge in [0.25, 0.3) is 5.91 Å². The van der Waals surface area contributed by atoms with Gasteiger partial charge in [-0.1, -0.05) is 57.4 Å². The van der Waals surface area contributed by atoms with Gasteiger partial charge < -0.3 is 19.9 Å². The van der Waals surface area contributed by atoms with Crippen molar-refractivity contribution in [2.75, 3.05) is 32.4 Å². The fourth-order valence-electron chi connectivity index (χ4n) is 5.57. The average Bonchev–Trinajstić information content (AvgIpc) is 3.26. The van der Waals surface area contributed by atoms with Crippen LogP contribution in [0.1, 0.15) is 106 Å². The molecule has 0 bridgehead atoms. The van der Waals surface area contributed by atoms with Gasteiger partial charge in [0.1, 0.15) is 12.3 Å². The minimum absolute atomic E-state index is 0.108. The second-order valence-corrected chi connectivity index (χ2v) is 11.7. The second-order valence-electron chi connectivity index (χ2n) is 10.5. The molecular weight excluding hydrogens is 482 g/mol. The van der Waals surface area contributed by atoms with E-state index >= 15 is 0 Å². The van der Waals surface area contributed by atoms with E-state index in [1.54, 1.807) is 11.9 Å². The smallest absolute Gasteiger partial charge is 0.255 e. The van der Waals surface area contributed by atoms with Crippen LogP contribution in [0.2, 0.25) is 0 Å². The van der Waals surface area contributed by atoms with E-state index < -0.39 is 6.04 Å². The first-order chi connectivity index (χ1) is 18.2. The maximum absolute atomic E-state index is 13.1. The number of hydrogen-bond donors (Lipinski definition) is 1. The SMILES string of the molecule is CNC(=O)C(CCC=O)N1Cc2c(SCCCCCCCCCCCN3CCCCC3)cccc2C1=O. The third-order valence-corrected chi connectivity index (χ3v) is 8.95. The van der Waals surface area contributed by atoms with Crippen LogP contribution in [0.25, 0.3) is 0 Å². The number of unbranched alkanes of at least 4 members (excludes halogenated alkanes) is 8. The van der Waals surface area contributed by atoms with Gasteiger partial charge in [0, 0.05) is 30.5 Å². The van der Waals surface area contributed by atoms with Crippen molar-refractivity contribution in [1.82, 2.24) is 15.1 Å². The molecule has 1 fully saturated rings. The topological polar surface area (TPSA) is 69.7 Å². The Morgan fingerprint density at radius 3 is 2.35 bits per heavy atom. The summed E-state index contributed by atoms with van der Waals surface area (Å²) in [5.74, 6) is 0.726. The summed E-state index contributed by atoms with van der Waals surface area (Å²) in [6.07, 6.45) is 17.6. The predicted octanol–water partition coefficient (Wildman–Crippen LogP) is 5.83. The van der Waals surface area contributed by atoms with Crippen molar-refractivity contribution < 1.29 is 14.4 Å². The summed E-state index contributed by atoms with van der Waals surface area (Å²) >= 11 is 1.82. The molecule has 1 saturated heterocycles. The van der Waals surface area contributed by atoms with Crippen molar-refractivity contribution in [2.24, 2.45) is 0 Å². The summed E-state index contributed by atoms with van der Waals surface area (Å²) in [4.78, 5) is 41.8. The Labute approximate surface area is 228 Å². The lowest BCUT2D eigenvalue weighted by molar-refractivity contribution is -0.125. The van der Waals surface area contributed by atoms with Crippen LogP contribution < -0.4 is 5.32 Å². The highest BCUT2D eigenvalue weighted by Crippen LogP contribution is 2.34. The zero-order valence-electron chi connectivity index (χ0n) is 22.8. The summed E-state index contributed by atoms with van der Waals surface area (Å²) in [5, 5.41) is 2.64. The van der Waals surface area contributed by atoms with Crippen LogP contribution in [0, 0.1) is 0 Å². The zero-order chi connectivity index (χ0) is 26.3. The van der Waals surface area contributed by atoms with Crippen molar-refractivity contribution in [1.29, 1.82) is 0 Å². The van der Waals surface area contributed by atoms with Gasteiger partial charge in [-0.25, -0.2) is 0 Å². The molecule has 1 N–H and O–H groups in total. The lowest BCUT2D eigenvalue weighted by Gasteiger charge is -2.26. The molecule has 0 saturated carbocycles. The number of carbonyl (C=O) groups excluding carboxylic acids is 3. The molecule has 0 spiro atoms. The van der Waals surface area contributed by atoms with E-state index in [0.717, 1.165) is 22.5 Å². The monoisotopic (exact) mass is 529 g/mol. The van der Waals surface area contributed by atoms with Crippen molar-refractivity contribution in [3.8, 4) is 0 Å². The molecule has 0 aliphatic carbocycles. The normalized spacial score (nSPS) is 16.6. The molecule has 3 rings (SSSR count). The van der Waals surface area contributed by atoms with Crippen molar-refractivity contribution in [3.05, 3.63) is 29.3 Å².